The van der Waals surface area contributed by atoms with Crippen LogP contribution >= 0.6 is 0 Å². The summed E-state index contributed by atoms with van der Waals surface area (Å²) in [5.41, 5.74) is 1.31. The lowest BCUT2D eigenvalue weighted by Crippen LogP contribution is -2.07. The highest BCUT2D eigenvalue weighted by atomic mass is 32.2. The average Bonchev–Trinajstić information content (AvgIpc) is 2.41. The largest absolute Gasteiger partial charge is 0.611 e. The van der Waals surface area contributed by atoms with Crippen LogP contribution in [0.2, 0.25) is 0 Å². The quantitative estimate of drug-likeness (QED) is 0.739. The van der Waals surface area contributed by atoms with Gasteiger partial charge in [0.15, 0.2) is 4.90 Å². The molecule has 1 radical (unpaired) electrons. The molecule has 0 spiro atoms. The molecular weight excluding hydrogens is 228 g/mol. The lowest BCUT2D eigenvalue weighted by molar-refractivity contribution is 0.592. The van der Waals surface area contributed by atoms with Gasteiger partial charge in [0.25, 0.3) is 0 Å². The topological polar surface area (TPSA) is 23.1 Å². The summed E-state index contributed by atoms with van der Waals surface area (Å²) in [5, 5.41) is 0. The molecule has 1 nitrogen and oxygen atoms in total. The predicted octanol–water partition coefficient (Wildman–Crippen LogP) is 3.23. The monoisotopic (exact) mass is 243 g/mol. The molecule has 0 aliphatic carbocycles. The van der Waals surface area contributed by atoms with Crippen LogP contribution in [-0.2, 0) is 17.6 Å². The Kier molecular flexibility index (Phi) is 4.65. The summed E-state index contributed by atoms with van der Waals surface area (Å²) in [6.07, 6.45) is 1.95. The number of rotatable bonds is 5. The number of hydrogen-bond donors (Lipinski definition) is 0. The highest BCUT2D eigenvalue weighted by Gasteiger charge is 2.09. The maximum Gasteiger partial charge on any atom is 0.152 e. The van der Waals surface area contributed by atoms with Crippen LogP contribution in [0, 0.1) is 6.07 Å². The summed E-state index contributed by atoms with van der Waals surface area (Å²) < 4.78 is 11.9. The third-order valence-corrected chi connectivity index (χ3v) is 4.05. The number of aryl methyl sites for hydroxylation is 1. The zero-order valence-corrected chi connectivity index (χ0v) is 10.5. The molecule has 1 atom stereocenters. The van der Waals surface area contributed by atoms with E-state index in [0.29, 0.717) is 0 Å². The lowest BCUT2D eigenvalue weighted by Gasteiger charge is -2.09. The zero-order chi connectivity index (χ0) is 11.9. The van der Waals surface area contributed by atoms with Crippen LogP contribution < -0.4 is 0 Å². The summed E-state index contributed by atoms with van der Waals surface area (Å²) in [6, 6.07) is 20.6. The molecule has 0 aliphatic rings. The van der Waals surface area contributed by atoms with Gasteiger partial charge in [-0.25, -0.2) is 0 Å². The van der Waals surface area contributed by atoms with E-state index in [1.165, 1.54) is 5.56 Å². The molecule has 87 valence electrons. The molecule has 0 saturated carbocycles. The van der Waals surface area contributed by atoms with E-state index < -0.39 is 11.2 Å². The van der Waals surface area contributed by atoms with Crippen molar-refractivity contribution >= 4 is 11.2 Å². The molecule has 0 N–H and O–H groups in total. The van der Waals surface area contributed by atoms with Crippen LogP contribution in [0.25, 0.3) is 0 Å². The van der Waals surface area contributed by atoms with Gasteiger partial charge in [-0.2, -0.15) is 0 Å². The van der Waals surface area contributed by atoms with Crippen LogP contribution in [-0.4, -0.2) is 10.3 Å². The van der Waals surface area contributed by atoms with Crippen LogP contribution in [0.15, 0.2) is 59.5 Å². The Bertz CT molecular complexity index is 427. The summed E-state index contributed by atoms with van der Waals surface area (Å²) >= 11 is -0.877. The predicted molar refractivity (Wildman–Crippen MR) is 71.3 cm³/mol. The number of hydrogen-bond acceptors (Lipinski definition) is 1. The fraction of sp³-hybridized carbons (Fsp3) is 0.200. The van der Waals surface area contributed by atoms with Gasteiger partial charge < -0.3 is 4.55 Å². The first-order valence-electron chi connectivity index (χ1n) is 5.75. The Labute approximate surface area is 106 Å². The smallest absolute Gasteiger partial charge is 0.152 e. The average molecular weight is 243 g/mol. The van der Waals surface area contributed by atoms with Crippen molar-refractivity contribution in [2.45, 2.75) is 17.7 Å². The molecule has 2 heteroatoms. The summed E-state index contributed by atoms with van der Waals surface area (Å²) in [6.45, 7) is 0. The van der Waals surface area contributed by atoms with Crippen molar-refractivity contribution in [2.75, 3.05) is 5.75 Å². The Hall–Kier alpha value is -1.25. The molecule has 2 aromatic rings. The molecule has 0 fully saturated rings. The van der Waals surface area contributed by atoms with Crippen LogP contribution in [0.4, 0.5) is 0 Å². The van der Waals surface area contributed by atoms with E-state index in [2.05, 4.69) is 18.2 Å². The van der Waals surface area contributed by atoms with Gasteiger partial charge in [0.2, 0.25) is 0 Å². The van der Waals surface area contributed by atoms with Crippen molar-refractivity contribution in [2.24, 2.45) is 0 Å². The van der Waals surface area contributed by atoms with E-state index in [1.807, 2.05) is 42.5 Å². The highest BCUT2D eigenvalue weighted by molar-refractivity contribution is 7.91. The Morgan fingerprint density at radius 3 is 2.41 bits per heavy atom. The van der Waals surface area contributed by atoms with Crippen molar-refractivity contribution in [3.05, 3.63) is 66.2 Å². The third kappa shape index (κ3) is 3.91. The van der Waals surface area contributed by atoms with Crippen molar-refractivity contribution in [3.8, 4) is 0 Å². The maximum atomic E-state index is 11.9. The second-order valence-electron chi connectivity index (χ2n) is 3.87. The molecule has 1 unspecified atom stereocenters. The van der Waals surface area contributed by atoms with Gasteiger partial charge in [-0.3, -0.25) is 0 Å². The van der Waals surface area contributed by atoms with Gasteiger partial charge in [-0.05, 0) is 59.9 Å². The van der Waals surface area contributed by atoms with Gasteiger partial charge in [-0.1, -0.05) is 30.3 Å². The summed E-state index contributed by atoms with van der Waals surface area (Å²) in [4.78, 5) is 0.900. The molecule has 17 heavy (non-hydrogen) atoms. The fourth-order valence-electron chi connectivity index (χ4n) is 1.69. The van der Waals surface area contributed by atoms with Crippen LogP contribution in [0.1, 0.15) is 12.0 Å². The molecule has 0 heterocycles. The van der Waals surface area contributed by atoms with Crippen molar-refractivity contribution in [1.29, 1.82) is 0 Å². The molecule has 0 bridgehead atoms. The van der Waals surface area contributed by atoms with E-state index in [9.17, 15) is 4.55 Å². The third-order valence-electron chi connectivity index (χ3n) is 2.59. The minimum absolute atomic E-state index is 0.721. The van der Waals surface area contributed by atoms with Crippen LogP contribution in [0.5, 0.6) is 0 Å². The highest BCUT2D eigenvalue weighted by Crippen LogP contribution is 2.12. The molecule has 0 amide bonds. The van der Waals surface area contributed by atoms with Gasteiger partial charge in [0.05, 0.1) is 0 Å². The fourth-order valence-corrected chi connectivity index (χ4v) is 2.78. The molecule has 0 aliphatic heterocycles. The minimum atomic E-state index is -0.877. The Morgan fingerprint density at radius 2 is 1.71 bits per heavy atom. The van der Waals surface area contributed by atoms with E-state index >= 15 is 0 Å². The zero-order valence-electron chi connectivity index (χ0n) is 9.63. The van der Waals surface area contributed by atoms with Crippen molar-refractivity contribution < 1.29 is 4.55 Å². The van der Waals surface area contributed by atoms with E-state index in [-0.39, 0.29) is 0 Å². The normalized spacial score (nSPS) is 12.3. The second kappa shape index (κ2) is 6.48. The molecule has 0 saturated heterocycles. The first-order valence-corrected chi connectivity index (χ1v) is 7.06. The van der Waals surface area contributed by atoms with Crippen LogP contribution in [0.3, 0.4) is 0 Å². The summed E-state index contributed by atoms with van der Waals surface area (Å²) in [7, 11) is 0. The lowest BCUT2D eigenvalue weighted by atomic mass is 10.1. The molecular formula is C15H15OS. The van der Waals surface area contributed by atoms with E-state index in [1.54, 1.807) is 0 Å². The number of benzene rings is 2. The van der Waals surface area contributed by atoms with Gasteiger partial charge in [0, 0.05) is 0 Å². The SMILES string of the molecule is [O-][S+](CCCc1ccccc1)c1cc[c]cc1. The maximum absolute atomic E-state index is 11.9. The van der Waals surface area contributed by atoms with Crippen molar-refractivity contribution in [1.82, 2.24) is 0 Å². The van der Waals surface area contributed by atoms with Gasteiger partial charge >= 0.3 is 0 Å². The first-order chi connectivity index (χ1) is 8.36. The Balaban J connectivity index is 1.79. The van der Waals surface area contributed by atoms with Gasteiger partial charge in [-0.15, -0.1) is 0 Å². The molecule has 2 aromatic carbocycles. The minimum Gasteiger partial charge on any atom is -0.611 e. The van der Waals surface area contributed by atoms with Crippen molar-refractivity contribution in [3.63, 3.8) is 0 Å². The second-order valence-corrected chi connectivity index (χ2v) is 5.45. The van der Waals surface area contributed by atoms with E-state index in [4.69, 9.17) is 0 Å². The summed E-state index contributed by atoms with van der Waals surface area (Å²) in [5.74, 6) is 0.721. The van der Waals surface area contributed by atoms with Gasteiger partial charge in [0.1, 0.15) is 5.75 Å². The Morgan fingerprint density at radius 1 is 1.00 bits per heavy atom. The van der Waals surface area contributed by atoms with E-state index in [0.717, 1.165) is 23.5 Å². The molecule has 2 rings (SSSR count). The first kappa shape index (κ1) is 12.2. The molecule has 0 aromatic heterocycles. The standard InChI is InChI=1S/C15H15OS/c16-17(15-11-5-2-6-12-15)13-7-10-14-8-3-1-4-9-14/h1,3-6,8-9,11-12H,7,10,13H2.